The van der Waals surface area contributed by atoms with Gasteiger partial charge in [-0.25, -0.2) is 15.0 Å². The normalized spacial score (nSPS) is 12.9. The Labute approximate surface area is 309 Å². The first-order valence-electron chi connectivity index (χ1n) is 18.2. The summed E-state index contributed by atoms with van der Waals surface area (Å²) in [5.74, 6) is 0.715. The molecule has 0 saturated carbocycles. The van der Waals surface area contributed by atoms with Crippen molar-refractivity contribution >= 4 is 21.7 Å². The standard InChI is InChI=1S/C50H35N3/c1-50(2)42-23-13-11-21-40(42)48-47(50)46(41-22-12-14-24-43(41)51-48)34-27-25-32(26-28-34)36-29-30-39(38-20-10-9-19-37(36)38)45-31-44(33-15-5-3-6-16-33)52-49(53-45)35-17-7-4-8-18-35/h3-31H,1-2H3. The summed E-state index contributed by atoms with van der Waals surface area (Å²) >= 11 is 0. The van der Waals surface area contributed by atoms with Gasteiger partial charge in [-0.05, 0) is 56.3 Å². The fraction of sp³-hybridized carbons (Fsp3) is 0.0600. The lowest BCUT2D eigenvalue weighted by Gasteiger charge is -2.25. The molecule has 2 aromatic heterocycles. The van der Waals surface area contributed by atoms with Gasteiger partial charge in [0, 0.05) is 33.1 Å². The molecule has 0 saturated heterocycles. The number of hydrogen-bond donors (Lipinski definition) is 0. The van der Waals surface area contributed by atoms with E-state index in [4.69, 9.17) is 15.0 Å². The third kappa shape index (κ3) is 5.08. The highest BCUT2D eigenvalue weighted by Gasteiger charge is 2.39. The van der Waals surface area contributed by atoms with Gasteiger partial charge in [0.2, 0.25) is 0 Å². The van der Waals surface area contributed by atoms with E-state index in [1.165, 1.54) is 49.7 Å². The topological polar surface area (TPSA) is 38.7 Å². The van der Waals surface area contributed by atoms with Crippen LogP contribution in [0.25, 0.3) is 89.1 Å². The molecule has 53 heavy (non-hydrogen) atoms. The van der Waals surface area contributed by atoms with E-state index in [1.807, 2.05) is 24.3 Å². The van der Waals surface area contributed by atoms with Gasteiger partial charge in [0.05, 0.1) is 22.6 Å². The zero-order chi connectivity index (χ0) is 35.5. The Hall–Kier alpha value is -6.71. The highest BCUT2D eigenvalue weighted by atomic mass is 14.9. The number of hydrogen-bond acceptors (Lipinski definition) is 3. The number of fused-ring (bicyclic) bond motifs is 5. The van der Waals surface area contributed by atoms with Gasteiger partial charge in [-0.3, -0.25) is 0 Å². The van der Waals surface area contributed by atoms with E-state index >= 15 is 0 Å². The van der Waals surface area contributed by atoms with Gasteiger partial charge in [-0.2, -0.15) is 0 Å². The quantitative estimate of drug-likeness (QED) is 0.182. The summed E-state index contributed by atoms with van der Waals surface area (Å²) in [5, 5.41) is 3.53. The maximum absolute atomic E-state index is 5.25. The highest BCUT2D eigenvalue weighted by Crippen LogP contribution is 2.53. The van der Waals surface area contributed by atoms with Crippen LogP contribution in [0.3, 0.4) is 0 Å². The molecule has 0 aliphatic heterocycles. The summed E-state index contributed by atoms with van der Waals surface area (Å²) in [6.45, 7) is 4.67. The van der Waals surface area contributed by atoms with Crippen LogP contribution in [0.4, 0.5) is 0 Å². The second-order valence-electron chi connectivity index (χ2n) is 14.4. The van der Waals surface area contributed by atoms with Crippen LogP contribution in [0.2, 0.25) is 0 Å². The second kappa shape index (κ2) is 12.2. The third-order valence-corrected chi connectivity index (χ3v) is 10.9. The number of para-hydroxylation sites is 1. The Morgan fingerprint density at radius 1 is 0.396 bits per heavy atom. The number of benzene rings is 7. The van der Waals surface area contributed by atoms with Gasteiger partial charge < -0.3 is 0 Å². The van der Waals surface area contributed by atoms with Crippen LogP contribution < -0.4 is 0 Å². The number of aromatic nitrogens is 3. The minimum absolute atomic E-state index is 0.176. The molecule has 0 N–H and O–H groups in total. The average molecular weight is 678 g/mol. The molecule has 7 aromatic carbocycles. The second-order valence-corrected chi connectivity index (χ2v) is 14.4. The lowest BCUT2D eigenvalue weighted by Crippen LogP contribution is -2.16. The van der Waals surface area contributed by atoms with E-state index in [9.17, 15) is 0 Å². The molecule has 0 bridgehead atoms. The monoisotopic (exact) mass is 677 g/mol. The number of rotatable bonds is 5. The molecular formula is C50H35N3. The van der Waals surface area contributed by atoms with Crippen molar-refractivity contribution in [1.29, 1.82) is 0 Å². The molecule has 0 unspecified atom stereocenters. The molecule has 10 rings (SSSR count). The molecule has 0 spiro atoms. The minimum atomic E-state index is -0.176. The van der Waals surface area contributed by atoms with Crippen LogP contribution in [0.1, 0.15) is 25.0 Å². The van der Waals surface area contributed by atoms with Crippen LogP contribution in [0, 0.1) is 0 Å². The molecule has 0 atom stereocenters. The van der Waals surface area contributed by atoms with Crippen LogP contribution in [0.15, 0.2) is 176 Å². The van der Waals surface area contributed by atoms with Crippen molar-refractivity contribution in [2.24, 2.45) is 0 Å². The molecule has 2 heterocycles. The molecule has 1 aliphatic rings. The summed E-state index contributed by atoms with van der Waals surface area (Å²) in [6, 6.07) is 62.3. The van der Waals surface area contributed by atoms with Crippen molar-refractivity contribution in [3.8, 4) is 67.4 Å². The molecule has 9 aromatic rings. The molecular weight excluding hydrogens is 643 g/mol. The van der Waals surface area contributed by atoms with Gasteiger partial charge in [0.25, 0.3) is 0 Å². The average Bonchev–Trinajstić information content (AvgIpc) is 3.45. The lowest BCUT2D eigenvalue weighted by molar-refractivity contribution is 0.662. The van der Waals surface area contributed by atoms with Crippen LogP contribution in [0.5, 0.6) is 0 Å². The van der Waals surface area contributed by atoms with Crippen molar-refractivity contribution in [3.63, 3.8) is 0 Å². The van der Waals surface area contributed by atoms with Crippen molar-refractivity contribution in [3.05, 3.63) is 187 Å². The highest BCUT2D eigenvalue weighted by molar-refractivity contribution is 6.06. The smallest absolute Gasteiger partial charge is 0.160 e. The lowest BCUT2D eigenvalue weighted by atomic mass is 9.78. The van der Waals surface area contributed by atoms with Crippen molar-refractivity contribution in [2.75, 3.05) is 0 Å². The van der Waals surface area contributed by atoms with Crippen LogP contribution in [-0.2, 0) is 5.41 Å². The predicted octanol–water partition coefficient (Wildman–Crippen LogP) is 12.8. The Kier molecular flexibility index (Phi) is 7.16. The Balaban J connectivity index is 1.11. The Bertz CT molecular complexity index is 2780. The van der Waals surface area contributed by atoms with E-state index in [1.54, 1.807) is 0 Å². The van der Waals surface area contributed by atoms with E-state index in [0.717, 1.165) is 44.7 Å². The largest absolute Gasteiger partial charge is 0.247 e. The molecule has 0 amide bonds. The molecule has 3 nitrogen and oxygen atoms in total. The van der Waals surface area contributed by atoms with Crippen molar-refractivity contribution < 1.29 is 0 Å². The SMILES string of the molecule is CC1(C)c2ccccc2-c2nc3ccccc3c(-c3ccc(-c4ccc(-c5cc(-c6ccccc6)nc(-c6ccccc6)n5)c5ccccc45)cc3)c21. The third-order valence-electron chi connectivity index (χ3n) is 10.9. The van der Waals surface area contributed by atoms with E-state index in [-0.39, 0.29) is 5.41 Å². The van der Waals surface area contributed by atoms with Crippen LogP contribution >= 0.6 is 0 Å². The summed E-state index contributed by atoms with van der Waals surface area (Å²) in [7, 11) is 0. The van der Waals surface area contributed by atoms with Gasteiger partial charge in [-0.15, -0.1) is 0 Å². The molecule has 1 aliphatic carbocycles. The maximum Gasteiger partial charge on any atom is 0.160 e. The maximum atomic E-state index is 5.25. The van der Waals surface area contributed by atoms with E-state index in [0.29, 0.717) is 5.82 Å². The van der Waals surface area contributed by atoms with Gasteiger partial charge in [0.1, 0.15) is 0 Å². The fourth-order valence-electron chi connectivity index (χ4n) is 8.33. The number of pyridine rings is 1. The Morgan fingerprint density at radius 2 is 0.962 bits per heavy atom. The first-order chi connectivity index (χ1) is 26.0. The van der Waals surface area contributed by atoms with Crippen molar-refractivity contribution in [2.45, 2.75) is 19.3 Å². The van der Waals surface area contributed by atoms with E-state index < -0.39 is 0 Å². The van der Waals surface area contributed by atoms with Crippen molar-refractivity contribution in [1.82, 2.24) is 15.0 Å². The van der Waals surface area contributed by atoms with Crippen LogP contribution in [-0.4, -0.2) is 15.0 Å². The number of nitrogens with zero attached hydrogens (tertiary/aromatic N) is 3. The summed E-state index contributed by atoms with van der Waals surface area (Å²) in [5.41, 5.74) is 15.6. The van der Waals surface area contributed by atoms with Gasteiger partial charge in [-0.1, -0.05) is 178 Å². The van der Waals surface area contributed by atoms with Gasteiger partial charge >= 0.3 is 0 Å². The summed E-state index contributed by atoms with van der Waals surface area (Å²) in [6.07, 6.45) is 0. The zero-order valence-corrected chi connectivity index (χ0v) is 29.6. The Morgan fingerprint density at radius 3 is 1.72 bits per heavy atom. The first-order valence-corrected chi connectivity index (χ1v) is 18.2. The first kappa shape index (κ1) is 31.1. The molecule has 0 radical (unpaired) electrons. The summed E-state index contributed by atoms with van der Waals surface area (Å²) in [4.78, 5) is 15.4. The zero-order valence-electron chi connectivity index (χ0n) is 29.6. The van der Waals surface area contributed by atoms with E-state index in [2.05, 4.69) is 166 Å². The molecule has 3 heteroatoms. The minimum Gasteiger partial charge on any atom is -0.247 e. The van der Waals surface area contributed by atoms with Gasteiger partial charge in [0.15, 0.2) is 5.82 Å². The predicted molar refractivity (Wildman–Crippen MR) is 220 cm³/mol. The molecule has 0 fully saturated rings. The molecule has 250 valence electrons. The summed E-state index contributed by atoms with van der Waals surface area (Å²) < 4.78 is 0. The fourth-order valence-corrected chi connectivity index (χ4v) is 8.33.